The smallest absolute Gasteiger partial charge is 0.223 e. The first-order valence-electron chi connectivity index (χ1n) is 8.23. The van der Waals surface area contributed by atoms with Crippen molar-refractivity contribution in [3.63, 3.8) is 0 Å². The number of thiophene rings is 1. The van der Waals surface area contributed by atoms with Crippen LogP contribution in [0.3, 0.4) is 0 Å². The molecule has 1 N–H and O–H groups in total. The molecule has 0 radical (unpaired) electrons. The third kappa shape index (κ3) is 2.69. The maximum Gasteiger partial charge on any atom is 0.223 e. The van der Waals surface area contributed by atoms with Crippen LogP contribution in [0.5, 0.6) is 5.75 Å². The summed E-state index contributed by atoms with van der Waals surface area (Å²) in [6.07, 6.45) is 2.29. The molecule has 24 heavy (non-hydrogen) atoms. The molecule has 0 aliphatic carbocycles. The number of amides is 1. The lowest BCUT2D eigenvalue weighted by Gasteiger charge is -2.27. The van der Waals surface area contributed by atoms with Gasteiger partial charge in [-0.2, -0.15) is 0 Å². The Morgan fingerprint density at radius 3 is 3.04 bits per heavy atom. The lowest BCUT2D eigenvalue weighted by atomic mass is 10.0. The van der Waals surface area contributed by atoms with Gasteiger partial charge in [0.15, 0.2) is 0 Å². The molecule has 124 valence electrons. The van der Waals surface area contributed by atoms with Gasteiger partial charge in [-0.1, -0.05) is 18.2 Å². The van der Waals surface area contributed by atoms with Gasteiger partial charge in [0, 0.05) is 47.5 Å². The van der Waals surface area contributed by atoms with Crippen LogP contribution in [0.15, 0.2) is 35.7 Å². The van der Waals surface area contributed by atoms with E-state index in [-0.39, 0.29) is 5.91 Å². The van der Waals surface area contributed by atoms with E-state index in [0.29, 0.717) is 13.0 Å². The number of H-pyrrole nitrogens is 1. The normalized spacial score (nSPS) is 14.0. The number of benzene rings is 1. The molecule has 0 atom stereocenters. The quantitative estimate of drug-likeness (QED) is 0.786. The molecule has 3 aromatic rings. The molecular formula is C19H20N2O2S. The fourth-order valence-corrected chi connectivity index (χ4v) is 4.15. The summed E-state index contributed by atoms with van der Waals surface area (Å²) in [6, 6.07) is 10.2. The minimum absolute atomic E-state index is 0.242. The SMILES string of the molecule is COc1cccc2c3c([nH]c12)CCN(C(=O)CCc1cccs1)C3. The van der Waals surface area contributed by atoms with E-state index >= 15 is 0 Å². The van der Waals surface area contributed by atoms with Crippen LogP contribution in [0.25, 0.3) is 10.9 Å². The van der Waals surface area contributed by atoms with Crippen LogP contribution < -0.4 is 4.74 Å². The Balaban J connectivity index is 1.53. The Kier molecular flexibility index (Phi) is 4.02. The summed E-state index contributed by atoms with van der Waals surface area (Å²) in [4.78, 5) is 19.3. The van der Waals surface area contributed by atoms with E-state index in [1.807, 2.05) is 23.1 Å². The van der Waals surface area contributed by atoms with Gasteiger partial charge < -0.3 is 14.6 Å². The molecule has 0 saturated carbocycles. The van der Waals surface area contributed by atoms with Gasteiger partial charge in [-0.25, -0.2) is 0 Å². The molecule has 1 aliphatic rings. The number of aromatic nitrogens is 1. The van der Waals surface area contributed by atoms with Crippen molar-refractivity contribution in [2.24, 2.45) is 0 Å². The average molecular weight is 340 g/mol. The van der Waals surface area contributed by atoms with E-state index in [2.05, 4.69) is 22.5 Å². The van der Waals surface area contributed by atoms with E-state index in [1.54, 1.807) is 18.4 Å². The third-order valence-corrected chi connectivity index (χ3v) is 5.65. The van der Waals surface area contributed by atoms with Crippen LogP contribution in [0, 0.1) is 0 Å². The van der Waals surface area contributed by atoms with Gasteiger partial charge in [0.25, 0.3) is 0 Å². The number of ether oxygens (including phenoxy) is 1. The van der Waals surface area contributed by atoms with Crippen LogP contribution in [0.1, 0.15) is 22.6 Å². The molecule has 3 heterocycles. The number of aryl methyl sites for hydroxylation is 1. The highest BCUT2D eigenvalue weighted by Gasteiger charge is 2.24. The van der Waals surface area contributed by atoms with E-state index in [9.17, 15) is 4.79 Å². The summed E-state index contributed by atoms with van der Waals surface area (Å²) in [5.41, 5.74) is 3.51. The Morgan fingerprint density at radius 1 is 1.33 bits per heavy atom. The minimum atomic E-state index is 0.242. The zero-order valence-electron chi connectivity index (χ0n) is 13.7. The third-order valence-electron chi connectivity index (χ3n) is 4.71. The number of hydrogen-bond donors (Lipinski definition) is 1. The first kappa shape index (κ1) is 15.3. The van der Waals surface area contributed by atoms with Gasteiger partial charge in [-0.3, -0.25) is 4.79 Å². The molecule has 1 aliphatic heterocycles. The monoisotopic (exact) mass is 340 g/mol. The number of nitrogens with zero attached hydrogens (tertiary/aromatic N) is 1. The van der Waals surface area contributed by atoms with Crippen molar-refractivity contribution in [1.29, 1.82) is 0 Å². The summed E-state index contributed by atoms with van der Waals surface area (Å²) in [6.45, 7) is 1.47. The highest BCUT2D eigenvalue weighted by Crippen LogP contribution is 2.33. The molecule has 2 aromatic heterocycles. The molecule has 5 heteroatoms. The molecule has 0 spiro atoms. The van der Waals surface area contributed by atoms with Crippen LogP contribution in [-0.4, -0.2) is 29.4 Å². The van der Waals surface area contributed by atoms with E-state index in [4.69, 9.17) is 4.74 Å². The summed E-state index contributed by atoms with van der Waals surface area (Å²) in [5.74, 6) is 1.10. The summed E-state index contributed by atoms with van der Waals surface area (Å²) < 4.78 is 5.45. The number of nitrogens with one attached hydrogen (secondary N) is 1. The van der Waals surface area contributed by atoms with Gasteiger partial charge in [-0.05, 0) is 23.9 Å². The summed E-state index contributed by atoms with van der Waals surface area (Å²) in [7, 11) is 1.69. The van der Waals surface area contributed by atoms with E-state index in [1.165, 1.54) is 21.5 Å². The number of methoxy groups -OCH3 is 1. The van der Waals surface area contributed by atoms with Gasteiger partial charge >= 0.3 is 0 Å². The molecule has 0 fully saturated rings. The molecule has 4 nitrogen and oxygen atoms in total. The van der Waals surface area contributed by atoms with Gasteiger partial charge in [0.2, 0.25) is 5.91 Å². The second-order valence-corrected chi connectivity index (χ2v) is 7.14. The largest absolute Gasteiger partial charge is 0.495 e. The van der Waals surface area contributed by atoms with E-state index < -0.39 is 0 Å². The van der Waals surface area contributed by atoms with Crippen LogP contribution in [-0.2, 0) is 24.2 Å². The number of fused-ring (bicyclic) bond motifs is 3. The fourth-order valence-electron chi connectivity index (χ4n) is 3.44. The second-order valence-electron chi connectivity index (χ2n) is 6.11. The van der Waals surface area contributed by atoms with Crippen molar-refractivity contribution >= 4 is 28.1 Å². The van der Waals surface area contributed by atoms with Crippen molar-refractivity contribution in [3.8, 4) is 5.75 Å². The molecule has 1 aromatic carbocycles. The standard InChI is InChI=1S/C19H20N2O2S/c1-23-17-6-2-5-14-15-12-21(10-9-16(15)20-19(14)17)18(22)8-7-13-4-3-11-24-13/h2-6,11,20H,7-10,12H2,1H3. The zero-order chi connectivity index (χ0) is 16.5. The number of hydrogen-bond acceptors (Lipinski definition) is 3. The first-order valence-corrected chi connectivity index (χ1v) is 9.11. The number of para-hydroxylation sites is 1. The predicted octanol–water partition coefficient (Wildman–Crippen LogP) is 3.76. The number of carbonyl (C=O) groups excluding carboxylic acids is 1. The average Bonchev–Trinajstić information content (AvgIpc) is 3.26. The highest BCUT2D eigenvalue weighted by atomic mass is 32.1. The van der Waals surface area contributed by atoms with Crippen LogP contribution in [0.2, 0.25) is 0 Å². The van der Waals surface area contributed by atoms with Crippen molar-refractivity contribution in [2.45, 2.75) is 25.8 Å². The Labute approximate surface area is 145 Å². The minimum Gasteiger partial charge on any atom is -0.495 e. The number of rotatable bonds is 4. The van der Waals surface area contributed by atoms with Crippen molar-refractivity contribution in [2.75, 3.05) is 13.7 Å². The molecule has 0 unspecified atom stereocenters. The number of carbonyl (C=O) groups is 1. The summed E-state index contributed by atoms with van der Waals surface area (Å²) >= 11 is 1.72. The van der Waals surface area contributed by atoms with Gasteiger partial charge in [0.1, 0.15) is 5.75 Å². The fraction of sp³-hybridized carbons (Fsp3) is 0.316. The topological polar surface area (TPSA) is 45.3 Å². The first-order chi connectivity index (χ1) is 11.8. The summed E-state index contributed by atoms with van der Waals surface area (Å²) in [5, 5.41) is 3.23. The molecule has 0 saturated heterocycles. The maximum absolute atomic E-state index is 12.6. The lowest BCUT2D eigenvalue weighted by molar-refractivity contribution is -0.132. The van der Waals surface area contributed by atoms with E-state index in [0.717, 1.165) is 30.7 Å². The Bertz CT molecular complexity index is 867. The Morgan fingerprint density at radius 2 is 2.25 bits per heavy atom. The molecule has 1 amide bonds. The van der Waals surface area contributed by atoms with Gasteiger partial charge in [0.05, 0.1) is 12.6 Å². The highest BCUT2D eigenvalue weighted by molar-refractivity contribution is 7.09. The number of aromatic amines is 1. The van der Waals surface area contributed by atoms with Crippen molar-refractivity contribution in [1.82, 2.24) is 9.88 Å². The van der Waals surface area contributed by atoms with Crippen molar-refractivity contribution in [3.05, 3.63) is 51.8 Å². The second kappa shape index (κ2) is 6.32. The zero-order valence-corrected chi connectivity index (χ0v) is 14.5. The molecule has 4 rings (SSSR count). The van der Waals surface area contributed by atoms with Crippen LogP contribution >= 0.6 is 11.3 Å². The molecular weight excluding hydrogens is 320 g/mol. The predicted molar refractivity (Wildman–Crippen MR) is 96.6 cm³/mol. The molecule has 0 bridgehead atoms. The van der Waals surface area contributed by atoms with Gasteiger partial charge in [-0.15, -0.1) is 11.3 Å². The maximum atomic E-state index is 12.6. The van der Waals surface area contributed by atoms with Crippen molar-refractivity contribution < 1.29 is 9.53 Å². The Hall–Kier alpha value is -2.27. The van der Waals surface area contributed by atoms with Crippen LogP contribution in [0.4, 0.5) is 0 Å². The lowest BCUT2D eigenvalue weighted by Crippen LogP contribution is -2.35.